The van der Waals surface area contributed by atoms with Crippen LogP contribution in [0.3, 0.4) is 0 Å². The van der Waals surface area contributed by atoms with Gasteiger partial charge < -0.3 is 5.32 Å². The maximum atomic E-state index is 12.4. The molecule has 0 radical (unpaired) electrons. The van der Waals surface area contributed by atoms with Crippen LogP contribution in [0.1, 0.15) is 18.7 Å². The Hall–Kier alpha value is -2.31. The summed E-state index contributed by atoms with van der Waals surface area (Å²) in [6, 6.07) is 8.66. The largest absolute Gasteiger partial charge is 0.435 e. The summed E-state index contributed by atoms with van der Waals surface area (Å²) in [6.07, 6.45) is -3.38. The number of benzene rings is 1. The highest BCUT2D eigenvalue weighted by Crippen LogP contribution is 2.27. The van der Waals surface area contributed by atoms with Crippen LogP contribution in [0.25, 0.3) is 0 Å². The van der Waals surface area contributed by atoms with Gasteiger partial charge in [-0.1, -0.05) is 18.2 Å². The van der Waals surface area contributed by atoms with Crippen molar-refractivity contribution in [2.75, 3.05) is 5.32 Å². The van der Waals surface area contributed by atoms with Crippen LogP contribution in [0.5, 0.6) is 0 Å². The molecule has 20 heavy (non-hydrogen) atoms. The van der Waals surface area contributed by atoms with E-state index in [4.69, 9.17) is 0 Å². The number of carbonyl (C=O) groups is 1. The van der Waals surface area contributed by atoms with Gasteiger partial charge in [-0.05, 0) is 25.1 Å². The van der Waals surface area contributed by atoms with Gasteiger partial charge in [0.1, 0.15) is 6.04 Å². The molecule has 1 amide bonds. The first-order valence-corrected chi connectivity index (χ1v) is 5.86. The Morgan fingerprint density at radius 2 is 1.90 bits per heavy atom. The molecule has 0 saturated carbocycles. The first-order valence-electron chi connectivity index (χ1n) is 5.86. The van der Waals surface area contributed by atoms with Crippen molar-refractivity contribution in [3.63, 3.8) is 0 Å². The summed E-state index contributed by atoms with van der Waals surface area (Å²) >= 11 is 0. The van der Waals surface area contributed by atoms with Crippen LogP contribution in [0, 0.1) is 0 Å². The minimum atomic E-state index is -4.51. The predicted molar refractivity (Wildman–Crippen MR) is 67.0 cm³/mol. The predicted octanol–water partition coefficient (Wildman–Crippen LogP) is 3.10. The molecule has 1 aromatic heterocycles. The van der Waals surface area contributed by atoms with Crippen molar-refractivity contribution >= 4 is 11.6 Å². The molecule has 0 aliphatic heterocycles. The van der Waals surface area contributed by atoms with E-state index in [1.165, 1.54) is 6.92 Å². The fourth-order valence-electron chi connectivity index (χ4n) is 1.59. The van der Waals surface area contributed by atoms with Crippen molar-refractivity contribution in [2.45, 2.75) is 19.1 Å². The molecular formula is C13H12F3N3O. The second kappa shape index (κ2) is 5.36. The number of rotatable bonds is 3. The number of halogens is 3. The van der Waals surface area contributed by atoms with Crippen molar-refractivity contribution in [1.29, 1.82) is 0 Å². The fraction of sp³-hybridized carbons (Fsp3) is 0.231. The van der Waals surface area contributed by atoms with Crippen LogP contribution in [0.4, 0.5) is 18.9 Å². The zero-order valence-corrected chi connectivity index (χ0v) is 10.6. The second-order valence-corrected chi connectivity index (χ2v) is 4.21. The van der Waals surface area contributed by atoms with Gasteiger partial charge in [-0.3, -0.25) is 9.48 Å². The Morgan fingerprint density at radius 1 is 1.25 bits per heavy atom. The molecule has 1 heterocycles. The molecule has 1 unspecified atom stereocenters. The zero-order chi connectivity index (χ0) is 14.8. The SMILES string of the molecule is CC(C(=O)Nc1ccccc1)n1ccc(C(F)(F)F)n1. The Kier molecular flexibility index (Phi) is 3.78. The molecule has 0 aliphatic rings. The van der Waals surface area contributed by atoms with Gasteiger partial charge in [0.15, 0.2) is 5.69 Å². The number of nitrogens with zero attached hydrogens (tertiary/aromatic N) is 2. The number of aromatic nitrogens is 2. The van der Waals surface area contributed by atoms with E-state index in [1.807, 2.05) is 0 Å². The van der Waals surface area contributed by atoms with Gasteiger partial charge in [0.25, 0.3) is 0 Å². The maximum absolute atomic E-state index is 12.4. The van der Waals surface area contributed by atoms with Crippen LogP contribution in [0.2, 0.25) is 0 Å². The molecule has 106 valence electrons. The van der Waals surface area contributed by atoms with Crippen molar-refractivity contribution in [1.82, 2.24) is 9.78 Å². The highest BCUT2D eigenvalue weighted by atomic mass is 19.4. The smallest absolute Gasteiger partial charge is 0.324 e. The van der Waals surface area contributed by atoms with Crippen LogP contribution >= 0.6 is 0 Å². The molecule has 0 aliphatic carbocycles. The number of para-hydroxylation sites is 1. The van der Waals surface area contributed by atoms with Gasteiger partial charge in [0.2, 0.25) is 5.91 Å². The van der Waals surface area contributed by atoms with Gasteiger partial charge >= 0.3 is 6.18 Å². The number of nitrogens with one attached hydrogen (secondary N) is 1. The Balaban J connectivity index is 2.09. The molecule has 1 N–H and O–H groups in total. The molecule has 0 fully saturated rings. The zero-order valence-electron chi connectivity index (χ0n) is 10.6. The van der Waals surface area contributed by atoms with Crippen LogP contribution in [-0.4, -0.2) is 15.7 Å². The molecule has 2 aromatic rings. The van der Waals surface area contributed by atoms with Crippen molar-refractivity contribution in [3.8, 4) is 0 Å². The second-order valence-electron chi connectivity index (χ2n) is 4.21. The van der Waals surface area contributed by atoms with Gasteiger partial charge in [0, 0.05) is 11.9 Å². The molecule has 1 atom stereocenters. The summed E-state index contributed by atoms with van der Waals surface area (Å²) in [5.74, 6) is -0.437. The summed E-state index contributed by atoms with van der Waals surface area (Å²) < 4.78 is 38.3. The van der Waals surface area contributed by atoms with Crippen molar-refractivity contribution < 1.29 is 18.0 Å². The normalized spacial score (nSPS) is 13.0. The van der Waals surface area contributed by atoms with Crippen LogP contribution in [0.15, 0.2) is 42.6 Å². The lowest BCUT2D eigenvalue weighted by atomic mass is 10.3. The average molecular weight is 283 g/mol. The Labute approximate surface area is 113 Å². The molecule has 4 nitrogen and oxygen atoms in total. The third kappa shape index (κ3) is 3.17. The first kappa shape index (κ1) is 14.1. The lowest BCUT2D eigenvalue weighted by Gasteiger charge is -2.12. The van der Waals surface area contributed by atoms with Gasteiger partial charge in [-0.25, -0.2) is 0 Å². The molecule has 0 bridgehead atoms. The number of anilines is 1. The number of hydrogen-bond donors (Lipinski definition) is 1. The molecule has 0 saturated heterocycles. The third-order valence-electron chi connectivity index (χ3n) is 2.72. The van der Waals surface area contributed by atoms with Gasteiger partial charge in [0.05, 0.1) is 0 Å². The number of carbonyl (C=O) groups excluding carboxylic acids is 1. The van der Waals surface area contributed by atoms with E-state index in [2.05, 4.69) is 10.4 Å². The fourth-order valence-corrected chi connectivity index (χ4v) is 1.59. The van der Waals surface area contributed by atoms with Crippen molar-refractivity contribution in [3.05, 3.63) is 48.3 Å². The molecule has 2 rings (SSSR count). The highest BCUT2D eigenvalue weighted by Gasteiger charge is 2.34. The van der Waals surface area contributed by atoms with Crippen LogP contribution in [-0.2, 0) is 11.0 Å². The average Bonchev–Trinajstić information content (AvgIpc) is 2.88. The van der Waals surface area contributed by atoms with E-state index < -0.39 is 23.8 Å². The van der Waals surface area contributed by atoms with E-state index in [1.54, 1.807) is 30.3 Å². The maximum Gasteiger partial charge on any atom is 0.435 e. The minimum Gasteiger partial charge on any atom is -0.324 e. The van der Waals surface area contributed by atoms with E-state index in [0.717, 1.165) is 16.9 Å². The van der Waals surface area contributed by atoms with E-state index in [-0.39, 0.29) is 0 Å². The Bertz CT molecular complexity index is 592. The molecular weight excluding hydrogens is 271 g/mol. The van der Waals surface area contributed by atoms with Gasteiger partial charge in [-0.2, -0.15) is 18.3 Å². The Morgan fingerprint density at radius 3 is 2.45 bits per heavy atom. The summed E-state index contributed by atoms with van der Waals surface area (Å²) in [7, 11) is 0. The van der Waals surface area contributed by atoms with E-state index in [9.17, 15) is 18.0 Å². The molecule has 1 aromatic carbocycles. The third-order valence-corrected chi connectivity index (χ3v) is 2.72. The standard InChI is InChI=1S/C13H12F3N3O/c1-9(12(20)17-10-5-3-2-4-6-10)19-8-7-11(18-19)13(14,15)16/h2-9H,1H3,(H,17,20). The first-order chi connectivity index (χ1) is 9.38. The lowest BCUT2D eigenvalue weighted by Crippen LogP contribution is -2.24. The van der Waals surface area contributed by atoms with Crippen LogP contribution < -0.4 is 5.32 Å². The quantitative estimate of drug-likeness (QED) is 0.940. The monoisotopic (exact) mass is 283 g/mol. The minimum absolute atomic E-state index is 0.437. The molecule has 7 heteroatoms. The molecule has 0 spiro atoms. The number of hydrogen-bond acceptors (Lipinski definition) is 2. The lowest BCUT2D eigenvalue weighted by molar-refractivity contribution is -0.141. The van der Waals surface area contributed by atoms with Gasteiger partial charge in [-0.15, -0.1) is 0 Å². The summed E-state index contributed by atoms with van der Waals surface area (Å²) in [6.45, 7) is 1.48. The highest BCUT2D eigenvalue weighted by molar-refractivity contribution is 5.93. The summed E-state index contributed by atoms with van der Waals surface area (Å²) in [5, 5.41) is 5.98. The van der Waals surface area contributed by atoms with Crippen molar-refractivity contribution in [2.24, 2.45) is 0 Å². The topological polar surface area (TPSA) is 46.9 Å². The number of alkyl halides is 3. The summed E-state index contributed by atoms with van der Waals surface area (Å²) in [5.41, 5.74) is -0.440. The van der Waals surface area contributed by atoms with E-state index in [0.29, 0.717) is 5.69 Å². The number of amides is 1. The summed E-state index contributed by atoms with van der Waals surface area (Å²) in [4.78, 5) is 11.9. The van der Waals surface area contributed by atoms with E-state index >= 15 is 0 Å².